The number of methoxy groups -OCH3 is 1. The largest absolute Gasteiger partial charge is 0.465 e. The number of nitrogens with one attached hydrogen (secondary N) is 1. The molecule has 18 heavy (non-hydrogen) atoms. The molecule has 0 saturated carbocycles. The fourth-order valence-corrected chi connectivity index (χ4v) is 2.68. The summed E-state index contributed by atoms with van der Waals surface area (Å²) < 4.78 is 4.68. The van der Waals surface area contributed by atoms with Gasteiger partial charge in [0.2, 0.25) is 5.91 Å². The summed E-state index contributed by atoms with van der Waals surface area (Å²) in [5, 5.41) is 2.86. The summed E-state index contributed by atoms with van der Waals surface area (Å²) in [6, 6.07) is 5.23. The van der Waals surface area contributed by atoms with Gasteiger partial charge in [-0.3, -0.25) is 4.79 Å². The van der Waals surface area contributed by atoms with Crippen LogP contribution >= 0.6 is 0 Å². The van der Waals surface area contributed by atoms with Gasteiger partial charge in [-0.15, -0.1) is 0 Å². The van der Waals surface area contributed by atoms with E-state index in [1.807, 2.05) is 6.07 Å². The van der Waals surface area contributed by atoms with Crippen LogP contribution in [0, 0.1) is 0 Å². The van der Waals surface area contributed by atoms with Gasteiger partial charge in [0.05, 0.1) is 24.0 Å². The Kier molecular flexibility index (Phi) is 2.47. The molecule has 0 spiro atoms. The SMILES string of the molecule is COC(=O)c1ccc2c(c1)NC(=O)[C@H]1CCCN21. The highest BCUT2D eigenvalue weighted by atomic mass is 16.5. The Morgan fingerprint density at radius 1 is 1.50 bits per heavy atom. The quantitative estimate of drug-likeness (QED) is 0.761. The third-order valence-corrected chi connectivity index (χ3v) is 3.54. The third kappa shape index (κ3) is 1.54. The van der Waals surface area contributed by atoms with E-state index in [9.17, 15) is 9.59 Å². The van der Waals surface area contributed by atoms with Crippen molar-refractivity contribution >= 4 is 23.3 Å². The Morgan fingerprint density at radius 3 is 3.11 bits per heavy atom. The molecule has 1 amide bonds. The fraction of sp³-hybridized carbons (Fsp3) is 0.385. The standard InChI is InChI=1S/C13H14N2O3/c1-18-13(17)8-4-5-10-9(7-8)14-12(16)11-3-2-6-15(10)11/h4-5,7,11H,2-3,6H2,1H3,(H,14,16)/t11-/m1/s1. The molecule has 1 aromatic carbocycles. The lowest BCUT2D eigenvalue weighted by Gasteiger charge is -2.33. The second-order valence-electron chi connectivity index (χ2n) is 4.56. The van der Waals surface area contributed by atoms with Crippen LogP contribution in [0.2, 0.25) is 0 Å². The first kappa shape index (κ1) is 11.1. The summed E-state index contributed by atoms with van der Waals surface area (Å²) in [5.41, 5.74) is 2.14. The number of anilines is 2. The van der Waals surface area contributed by atoms with E-state index in [0.29, 0.717) is 11.3 Å². The Labute approximate surface area is 105 Å². The summed E-state index contributed by atoms with van der Waals surface area (Å²) in [6.45, 7) is 0.892. The molecule has 1 aromatic rings. The number of hydrogen-bond donors (Lipinski definition) is 1. The minimum atomic E-state index is -0.393. The monoisotopic (exact) mass is 246 g/mol. The highest BCUT2D eigenvalue weighted by Gasteiger charge is 2.36. The number of carbonyl (C=O) groups is 2. The molecular formula is C13H14N2O3. The second-order valence-corrected chi connectivity index (χ2v) is 4.56. The number of hydrogen-bond acceptors (Lipinski definition) is 4. The maximum absolute atomic E-state index is 11.9. The average molecular weight is 246 g/mol. The summed E-state index contributed by atoms with van der Waals surface area (Å²) in [5.74, 6) is -0.377. The van der Waals surface area contributed by atoms with Gasteiger partial charge >= 0.3 is 5.97 Å². The number of esters is 1. The van der Waals surface area contributed by atoms with Gasteiger partial charge in [0, 0.05) is 6.54 Å². The van der Waals surface area contributed by atoms with Gasteiger partial charge in [-0.1, -0.05) is 0 Å². The van der Waals surface area contributed by atoms with Crippen LogP contribution in [-0.4, -0.2) is 31.6 Å². The number of carbonyl (C=O) groups excluding carboxylic acids is 2. The molecule has 0 aromatic heterocycles. The van der Waals surface area contributed by atoms with Crippen LogP contribution in [0.4, 0.5) is 11.4 Å². The number of rotatable bonds is 1. The Balaban J connectivity index is 2.02. The lowest BCUT2D eigenvalue weighted by atomic mass is 10.1. The molecule has 0 bridgehead atoms. The predicted molar refractivity (Wildman–Crippen MR) is 66.8 cm³/mol. The maximum Gasteiger partial charge on any atom is 0.337 e. The number of amides is 1. The lowest BCUT2D eigenvalue weighted by Crippen LogP contribution is -2.43. The van der Waals surface area contributed by atoms with E-state index in [0.717, 1.165) is 25.1 Å². The first-order chi connectivity index (χ1) is 8.70. The van der Waals surface area contributed by atoms with E-state index in [2.05, 4.69) is 15.0 Å². The van der Waals surface area contributed by atoms with E-state index >= 15 is 0 Å². The fourth-order valence-electron chi connectivity index (χ4n) is 2.68. The molecular weight excluding hydrogens is 232 g/mol. The minimum absolute atomic E-state index is 0.0158. The van der Waals surface area contributed by atoms with Gasteiger partial charge in [0.15, 0.2) is 0 Å². The second kappa shape index (κ2) is 4.01. The van der Waals surface area contributed by atoms with Gasteiger partial charge in [0.25, 0.3) is 0 Å². The molecule has 2 aliphatic heterocycles. The Bertz CT molecular complexity index is 527. The average Bonchev–Trinajstić information content (AvgIpc) is 2.87. The van der Waals surface area contributed by atoms with Crippen molar-refractivity contribution in [1.82, 2.24) is 0 Å². The van der Waals surface area contributed by atoms with E-state index in [4.69, 9.17) is 0 Å². The van der Waals surface area contributed by atoms with Gasteiger partial charge in [-0.25, -0.2) is 4.79 Å². The molecule has 1 N–H and O–H groups in total. The maximum atomic E-state index is 11.9. The summed E-state index contributed by atoms with van der Waals surface area (Å²) in [6.07, 6.45) is 1.92. The minimum Gasteiger partial charge on any atom is -0.465 e. The van der Waals surface area contributed by atoms with Gasteiger partial charge in [0.1, 0.15) is 6.04 Å². The molecule has 2 aliphatic rings. The van der Waals surface area contributed by atoms with E-state index in [-0.39, 0.29) is 11.9 Å². The van der Waals surface area contributed by atoms with Crippen molar-refractivity contribution in [2.45, 2.75) is 18.9 Å². The van der Waals surface area contributed by atoms with E-state index < -0.39 is 5.97 Å². The van der Waals surface area contributed by atoms with Crippen LogP contribution in [0.15, 0.2) is 18.2 Å². The van der Waals surface area contributed by atoms with E-state index in [1.54, 1.807) is 12.1 Å². The molecule has 1 saturated heterocycles. The Morgan fingerprint density at radius 2 is 2.33 bits per heavy atom. The van der Waals surface area contributed by atoms with Gasteiger partial charge < -0.3 is 15.0 Å². The molecule has 0 unspecified atom stereocenters. The molecule has 2 heterocycles. The number of nitrogens with zero attached hydrogens (tertiary/aromatic N) is 1. The summed E-state index contributed by atoms with van der Waals surface area (Å²) in [7, 11) is 1.34. The highest BCUT2D eigenvalue weighted by Crippen LogP contribution is 2.37. The topological polar surface area (TPSA) is 58.6 Å². The van der Waals surface area contributed by atoms with Crippen molar-refractivity contribution in [3.05, 3.63) is 23.8 Å². The van der Waals surface area contributed by atoms with Crippen molar-refractivity contribution in [3.63, 3.8) is 0 Å². The van der Waals surface area contributed by atoms with Crippen LogP contribution < -0.4 is 10.2 Å². The molecule has 1 fully saturated rings. The normalized spacial score (nSPS) is 21.1. The smallest absolute Gasteiger partial charge is 0.337 e. The first-order valence-corrected chi connectivity index (χ1v) is 6.00. The molecule has 0 radical (unpaired) electrons. The molecule has 5 nitrogen and oxygen atoms in total. The molecule has 3 rings (SSSR count). The Hall–Kier alpha value is -2.04. The summed E-state index contributed by atoms with van der Waals surface area (Å²) in [4.78, 5) is 25.5. The molecule has 5 heteroatoms. The number of ether oxygens (including phenoxy) is 1. The zero-order valence-corrected chi connectivity index (χ0v) is 10.1. The summed E-state index contributed by atoms with van der Waals surface area (Å²) >= 11 is 0. The molecule has 0 aliphatic carbocycles. The zero-order chi connectivity index (χ0) is 12.7. The van der Waals surface area contributed by atoms with Crippen LogP contribution in [0.3, 0.4) is 0 Å². The first-order valence-electron chi connectivity index (χ1n) is 6.00. The van der Waals surface area contributed by atoms with Crippen molar-refractivity contribution in [3.8, 4) is 0 Å². The van der Waals surface area contributed by atoms with Crippen LogP contribution in [0.1, 0.15) is 23.2 Å². The lowest BCUT2D eigenvalue weighted by molar-refractivity contribution is -0.117. The van der Waals surface area contributed by atoms with E-state index in [1.165, 1.54) is 7.11 Å². The zero-order valence-electron chi connectivity index (χ0n) is 10.1. The van der Waals surface area contributed by atoms with Crippen molar-refractivity contribution in [2.24, 2.45) is 0 Å². The highest BCUT2D eigenvalue weighted by molar-refractivity contribution is 6.05. The van der Waals surface area contributed by atoms with Crippen LogP contribution in [0.25, 0.3) is 0 Å². The van der Waals surface area contributed by atoms with Crippen molar-refractivity contribution in [1.29, 1.82) is 0 Å². The van der Waals surface area contributed by atoms with Crippen molar-refractivity contribution in [2.75, 3.05) is 23.9 Å². The third-order valence-electron chi connectivity index (χ3n) is 3.54. The molecule has 94 valence electrons. The van der Waals surface area contributed by atoms with Crippen LogP contribution in [0.5, 0.6) is 0 Å². The van der Waals surface area contributed by atoms with Crippen LogP contribution in [-0.2, 0) is 9.53 Å². The van der Waals surface area contributed by atoms with Gasteiger partial charge in [-0.05, 0) is 31.0 Å². The number of fused-ring (bicyclic) bond motifs is 3. The van der Waals surface area contributed by atoms with Crippen molar-refractivity contribution < 1.29 is 14.3 Å². The predicted octanol–water partition coefficient (Wildman–Crippen LogP) is 1.39. The number of benzene rings is 1. The molecule has 1 atom stereocenters. The van der Waals surface area contributed by atoms with Gasteiger partial charge in [-0.2, -0.15) is 0 Å².